The SMILES string of the molecule is Cc1ccc(C(=O)NCC2C(C)CC(C)(C)CC2NC(=O)c2ccc(C)c(C)c2)cc1C. The maximum Gasteiger partial charge on any atom is 0.251 e. The summed E-state index contributed by atoms with van der Waals surface area (Å²) in [5.41, 5.74) is 6.13. The zero-order valence-corrected chi connectivity index (χ0v) is 20.6. The van der Waals surface area contributed by atoms with E-state index in [1.54, 1.807) is 0 Å². The monoisotopic (exact) mass is 434 g/mol. The predicted octanol–water partition coefficient (Wildman–Crippen LogP) is 5.52. The normalized spacial score (nSPS) is 22.3. The first-order valence-electron chi connectivity index (χ1n) is 11.7. The lowest BCUT2D eigenvalue weighted by Gasteiger charge is -2.45. The molecule has 0 radical (unpaired) electrons. The Hall–Kier alpha value is -2.62. The molecule has 0 heterocycles. The summed E-state index contributed by atoms with van der Waals surface area (Å²) in [5.74, 6) is 0.496. The van der Waals surface area contributed by atoms with Crippen molar-refractivity contribution in [3.05, 3.63) is 69.8 Å². The highest BCUT2D eigenvalue weighted by atomic mass is 16.2. The Morgan fingerprint density at radius 1 is 0.844 bits per heavy atom. The molecule has 1 fully saturated rings. The molecular weight excluding hydrogens is 396 g/mol. The Morgan fingerprint density at radius 3 is 1.91 bits per heavy atom. The van der Waals surface area contributed by atoms with E-state index in [1.807, 2.05) is 57.2 Å². The molecule has 4 nitrogen and oxygen atoms in total. The third-order valence-electron chi connectivity index (χ3n) is 7.25. The fourth-order valence-electron chi connectivity index (χ4n) is 5.08. The van der Waals surface area contributed by atoms with E-state index in [1.165, 1.54) is 11.1 Å². The second-order valence-electron chi connectivity index (χ2n) is 10.6. The van der Waals surface area contributed by atoms with Crippen molar-refractivity contribution in [2.24, 2.45) is 17.3 Å². The van der Waals surface area contributed by atoms with Gasteiger partial charge in [0.05, 0.1) is 0 Å². The van der Waals surface area contributed by atoms with E-state index >= 15 is 0 Å². The van der Waals surface area contributed by atoms with E-state index in [-0.39, 0.29) is 29.2 Å². The molecule has 4 heteroatoms. The van der Waals surface area contributed by atoms with Gasteiger partial charge in [-0.05, 0) is 104 Å². The van der Waals surface area contributed by atoms with Crippen LogP contribution < -0.4 is 10.6 Å². The van der Waals surface area contributed by atoms with Gasteiger partial charge in [-0.3, -0.25) is 9.59 Å². The molecule has 32 heavy (non-hydrogen) atoms. The molecule has 2 aromatic carbocycles. The van der Waals surface area contributed by atoms with Gasteiger partial charge in [0.15, 0.2) is 0 Å². The zero-order valence-electron chi connectivity index (χ0n) is 20.6. The van der Waals surface area contributed by atoms with Crippen molar-refractivity contribution in [2.75, 3.05) is 6.54 Å². The van der Waals surface area contributed by atoms with E-state index < -0.39 is 0 Å². The molecule has 1 aliphatic rings. The average molecular weight is 435 g/mol. The van der Waals surface area contributed by atoms with Crippen LogP contribution in [0.15, 0.2) is 36.4 Å². The summed E-state index contributed by atoms with van der Waals surface area (Å²) in [4.78, 5) is 25.9. The molecule has 2 amide bonds. The molecule has 0 saturated heterocycles. The topological polar surface area (TPSA) is 58.2 Å². The van der Waals surface area contributed by atoms with Gasteiger partial charge >= 0.3 is 0 Å². The predicted molar refractivity (Wildman–Crippen MR) is 131 cm³/mol. The fourth-order valence-corrected chi connectivity index (χ4v) is 5.08. The van der Waals surface area contributed by atoms with Crippen molar-refractivity contribution in [1.29, 1.82) is 0 Å². The van der Waals surface area contributed by atoms with E-state index in [0.717, 1.165) is 24.0 Å². The third-order valence-corrected chi connectivity index (χ3v) is 7.25. The summed E-state index contributed by atoms with van der Waals surface area (Å²) in [6.07, 6.45) is 1.98. The van der Waals surface area contributed by atoms with Crippen molar-refractivity contribution in [2.45, 2.75) is 67.3 Å². The van der Waals surface area contributed by atoms with Crippen LogP contribution in [0.5, 0.6) is 0 Å². The quantitative estimate of drug-likeness (QED) is 0.651. The first kappa shape index (κ1) is 24.0. The van der Waals surface area contributed by atoms with Gasteiger partial charge in [-0.25, -0.2) is 0 Å². The number of nitrogens with one attached hydrogen (secondary N) is 2. The summed E-state index contributed by atoms with van der Waals surface area (Å²) >= 11 is 0. The molecule has 0 spiro atoms. The highest BCUT2D eigenvalue weighted by Crippen LogP contribution is 2.41. The van der Waals surface area contributed by atoms with E-state index in [9.17, 15) is 9.59 Å². The standard InChI is InChI=1S/C28H38N2O2/c1-17-8-10-22(12-19(17)3)26(31)29-16-24-21(5)14-28(6,7)15-25(24)30-27(32)23-11-9-18(2)20(4)13-23/h8-13,21,24-25H,14-16H2,1-7H3,(H,29,31)(H,30,32). The van der Waals surface area contributed by atoms with E-state index in [0.29, 0.717) is 23.6 Å². The van der Waals surface area contributed by atoms with Crippen LogP contribution in [0.25, 0.3) is 0 Å². The van der Waals surface area contributed by atoms with E-state index in [4.69, 9.17) is 0 Å². The molecular formula is C28H38N2O2. The minimum atomic E-state index is -0.0515. The molecule has 3 rings (SSSR count). The maximum atomic E-state index is 13.1. The number of carbonyl (C=O) groups excluding carboxylic acids is 2. The first-order chi connectivity index (χ1) is 15.0. The summed E-state index contributed by atoms with van der Waals surface area (Å²) in [6, 6.07) is 11.7. The van der Waals surface area contributed by atoms with Gasteiger partial charge in [-0.1, -0.05) is 32.9 Å². The minimum absolute atomic E-state index is 0.0166. The van der Waals surface area contributed by atoms with Crippen LogP contribution in [-0.4, -0.2) is 24.4 Å². The van der Waals surface area contributed by atoms with Crippen LogP contribution in [0.1, 0.15) is 76.6 Å². The molecule has 0 aliphatic heterocycles. The highest BCUT2D eigenvalue weighted by Gasteiger charge is 2.40. The molecule has 172 valence electrons. The van der Waals surface area contributed by atoms with Crippen LogP contribution in [-0.2, 0) is 0 Å². The summed E-state index contributed by atoms with van der Waals surface area (Å²) in [6.45, 7) is 15.5. The van der Waals surface area contributed by atoms with E-state index in [2.05, 4.69) is 38.3 Å². The lowest BCUT2D eigenvalue weighted by molar-refractivity contribution is 0.0679. The van der Waals surface area contributed by atoms with Gasteiger partial charge in [-0.2, -0.15) is 0 Å². The number of amides is 2. The molecule has 0 bridgehead atoms. The van der Waals surface area contributed by atoms with Crippen LogP contribution in [0.4, 0.5) is 0 Å². The van der Waals surface area contributed by atoms with Crippen molar-refractivity contribution in [1.82, 2.24) is 10.6 Å². The lowest BCUT2D eigenvalue weighted by Crippen LogP contribution is -2.52. The second-order valence-corrected chi connectivity index (χ2v) is 10.6. The Balaban J connectivity index is 1.74. The number of hydrogen-bond donors (Lipinski definition) is 2. The van der Waals surface area contributed by atoms with Crippen LogP contribution in [0.2, 0.25) is 0 Å². The Bertz CT molecular complexity index is 1010. The Kier molecular flexibility index (Phi) is 7.12. The fraction of sp³-hybridized carbons (Fsp3) is 0.500. The summed E-state index contributed by atoms with van der Waals surface area (Å²) in [7, 11) is 0. The van der Waals surface area contributed by atoms with Crippen LogP contribution >= 0.6 is 0 Å². The maximum absolute atomic E-state index is 13.1. The molecule has 3 unspecified atom stereocenters. The smallest absolute Gasteiger partial charge is 0.251 e. The Labute approximate surface area is 193 Å². The van der Waals surface area contributed by atoms with Crippen molar-refractivity contribution in [3.8, 4) is 0 Å². The van der Waals surface area contributed by atoms with Gasteiger partial charge < -0.3 is 10.6 Å². The number of benzene rings is 2. The zero-order chi connectivity index (χ0) is 23.6. The summed E-state index contributed by atoms with van der Waals surface area (Å²) in [5, 5.41) is 6.45. The highest BCUT2D eigenvalue weighted by molar-refractivity contribution is 5.95. The lowest BCUT2D eigenvalue weighted by atomic mass is 9.65. The summed E-state index contributed by atoms with van der Waals surface area (Å²) < 4.78 is 0. The first-order valence-corrected chi connectivity index (χ1v) is 11.7. The second kappa shape index (κ2) is 9.48. The average Bonchev–Trinajstić information content (AvgIpc) is 2.70. The molecule has 2 aromatic rings. The minimum Gasteiger partial charge on any atom is -0.352 e. The van der Waals surface area contributed by atoms with Crippen LogP contribution in [0.3, 0.4) is 0 Å². The van der Waals surface area contributed by atoms with Gasteiger partial charge in [0.25, 0.3) is 11.8 Å². The molecule has 1 aliphatic carbocycles. The van der Waals surface area contributed by atoms with Gasteiger partial charge in [0.2, 0.25) is 0 Å². The number of aryl methyl sites for hydroxylation is 4. The molecule has 3 atom stereocenters. The molecule has 2 N–H and O–H groups in total. The Morgan fingerprint density at radius 2 is 1.38 bits per heavy atom. The third kappa shape index (κ3) is 5.59. The van der Waals surface area contributed by atoms with Crippen molar-refractivity contribution < 1.29 is 9.59 Å². The number of hydrogen-bond acceptors (Lipinski definition) is 2. The molecule has 1 saturated carbocycles. The van der Waals surface area contributed by atoms with Gasteiger partial charge in [0.1, 0.15) is 0 Å². The van der Waals surface area contributed by atoms with Crippen molar-refractivity contribution in [3.63, 3.8) is 0 Å². The van der Waals surface area contributed by atoms with Gasteiger partial charge in [-0.15, -0.1) is 0 Å². The van der Waals surface area contributed by atoms with Crippen LogP contribution in [0, 0.1) is 44.9 Å². The largest absolute Gasteiger partial charge is 0.352 e. The van der Waals surface area contributed by atoms with Gasteiger partial charge in [0, 0.05) is 23.7 Å². The number of rotatable bonds is 5. The number of carbonyl (C=O) groups is 2. The molecule has 0 aromatic heterocycles. The van der Waals surface area contributed by atoms with Crippen molar-refractivity contribution >= 4 is 11.8 Å².